The van der Waals surface area contributed by atoms with Gasteiger partial charge in [-0.15, -0.1) is 0 Å². The molecule has 0 aromatic carbocycles. The first-order valence-electron chi connectivity index (χ1n) is 7.38. The van der Waals surface area contributed by atoms with Crippen molar-refractivity contribution in [1.29, 1.82) is 0 Å². The van der Waals surface area contributed by atoms with Crippen molar-refractivity contribution in [3.05, 3.63) is 22.4 Å². The number of likely N-dealkylation sites (tertiary alicyclic amines) is 1. The number of aryl methyl sites for hydroxylation is 1. The molecule has 5 nitrogen and oxygen atoms in total. The van der Waals surface area contributed by atoms with Gasteiger partial charge in [0.2, 0.25) is 0 Å². The van der Waals surface area contributed by atoms with Gasteiger partial charge in [-0.05, 0) is 54.1 Å². The van der Waals surface area contributed by atoms with Crippen molar-refractivity contribution in [2.75, 3.05) is 13.1 Å². The van der Waals surface area contributed by atoms with Gasteiger partial charge in [0.05, 0.1) is 0 Å². The van der Waals surface area contributed by atoms with Crippen LogP contribution in [-0.4, -0.2) is 39.5 Å². The van der Waals surface area contributed by atoms with Crippen molar-refractivity contribution >= 4 is 27.8 Å². The zero-order valence-electron chi connectivity index (χ0n) is 12.2. The molecule has 1 N–H and O–H groups in total. The summed E-state index contributed by atoms with van der Waals surface area (Å²) >= 11 is 3.41. The summed E-state index contributed by atoms with van der Waals surface area (Å²) in [6.45, 7) is 4.19. The van der Waals surface area contributed by atoms with E-state index < -0.39 is 5.97 Å². The van der Waals surface area contributed by atoms with Crippen LogP contribution in [-0.2, 0) is 11.3 Å². The van der Waals surface area contributed by atoms with Crippen LogP contribution >= 0.6 is 15.9 Å². The summed E-state index contributed by atoms with van der Waals surface area (Å²) in [5.74, 6) is -0.419. The number of piperidine rings is 1. The fourth-order valence-corrected chi connectivity index (χ4v) is 3.35. The average Bonchev–Trinajstić information content (AvgIpc) is 2.85. The van der Waals surface area contributed by atoms with Gasteiger partial charge < -0.3 is 14.6 Å². The molecule has 2 heterocycles. The maximum absolute atomic E-state index is 12.6. The van der Waals surface area contributed by atoms with Gasteiger partial charge in [-0.25, -0.2) is 0 Å². The van der Waals surface area contributed by atoms with Crippen LogP contribution in [0.2, 0.25) is 0 Å². The van der Waals surface area contributed by atoms with E-state index in [0.29, 0.717) is 24.6 Å². The van der Waals surface area contributed by atoms with Crippen LogP contribution < -0.4 is 0 Å². The average molecular weight is 357 g/mol. The zero-order chi connectivity index (χ0) is 15.4. The van der Waals surface area contributed by atoms with E-state index in [1.807, 2.05) is 28.7 Å². The lowest BCUT2D eigenvalue weighted by atomic mass is 9.93. The second kappa shape index (κ2) is 7.11. The maximum atomic E-state index is 12.6. The first-order valence-corrected chi connectivity index (χ1v) is 8.17. The Balaban J connectivity index is 2.03. The minimum absolute atomic E-state index is 0.0441. The summed E-state index contributed by atoms with van der Waals surface area (Å²) in [4.78, 5) is 25.2. The van der Waals surface area contributed by atoms with E-state index in [4.69, 9.17) is 5.11 Å². The third-order valence-electron chi connectivity index (χ3n) is 4.00. The topological polar surface area (TPSA) is 62.5 Å². The van der Waals surface area contributed by atoms with E-state index in [1.165, 1.54) is 0 Å². The van der Waals surface area contributed by atoms with Crippen molar-refractivity contribution in [3.63, 3.8) is 0 Å². The first-order chi connectivity index (χ1) is 10.0. The molecule has 6 heteroatoms. The Morgan fingerprint density at radius 1 is 1.48 bits per heavy atom. The van der Waals surface area contributed by atoms with Gasteiger partial charge in [0.1, 0.15) is 5.69 Å². The molecule has 116 valence electrons. The predicted octanol–water partition coefficient (Wildman–Crippen LogP) is 2.99. The smallest absolute Gasteiger partial charge is 0.303 e. The molecule has 1 atom stereocenters. The Kier molecular flexibility index (Phi) is 5.45. The van der Waals surface area contributed by atoms with Gasteiger partial charge in [-0.2, -0.15) is 0 Å². The Bertz CT molecular complexity index is 527. The molecule has 0 spiro atoms. The lowest BCUT2D eigenvalue weighted by molar-refractivity contribution is -0.137. The summed E-state index contributed by atoms with van der Waals surface area (Å²) in [6.07, 6.45) is 4.71. The number of carbonyl (C=O) groups is 2. The number of hydrogen-bond acceptors (Lipinski definition) is 2. The van der Waals surface area contributed by atoms with E-state index in [2.05, 4.69) is 15.9 Å². The highest BCUT2D eigenvalue weighted by molar-refractivity contribution is 9.10. The van der Waals surface area contributed by atoms with E-state index in [9.17, 15) is 9.59 Å². The number of carbonyl (C=O) groups excluding carboxylic acids is 1. The van der Waals surface area contributed by atoms with E-state index >= 15 is 0 Å². The number of amides is 1. The quantitative estimate of drug-likeness (QED) is 0.881. The van der Waals surface area contributed by atoms with E-state index in [1.54, 1.807) is 0 Å². The van der Waals surface area contributed by atoms with Gasteiger partial charge >= 0.3 is 5.97 Å². The van der Waals surface area contributed by atoms with E-state index in [0.717, 1.165) is 30.4 Å². The van der Waals surface area contributed by atoms with Crippen LogP contribution in [0.4, 0.5) is 0 Å². The monoisotopic (exact) mass is 356 g/mol. The van der Waals surface area contributed by atoms with Crippen LogP contribution in [0.5, 0.6) is 0 Å². The van der Waals surface area contributed by atoms with Gasteiger partial charge in [0.25, 0.3) is 5.91 Å². The SMILES string of the molecule is CCn1cc(Br)cc1C(=O)N1CCC[C@@H](CCC(=O)O)C1. The van der Waals surface area contributed by atoms with Gasteiger partial charge in [-0.1, -0.05) is 0 Å². The lowest BCUT2D eigenvalue weighted by Crippen LogP contribution is -2.40. The van der Waals surface area contributed by atoms with Crippen LogP contribution in [0.1, 0.15) is 43.1 Å². The third-order valence-corrected chi connectivity index (χ3v) is 4.43. The summed E-state index contributed by atoms with van der Waals surface area (Å²) in [5.41, 5.74) is 0.697. The largest absolute Gasteiger partial charge is 0.481 e. The van der Waals surface area contributed by atoms with Crippen molar-refractivity contribution < 1.29 is 14.7 Å². The first kappa shape index (κ1) is 16.1. The molecule has 0 bridgehead atoms. The molecule has 0 aliphatic carbocycles. The van der Waals surface area contributed by atoms with Crippen LogP contribution in [0.25, 0.3) is 0 Å². The second-order valence-corrected chi connectivity index (χ2v) is 6.44. The normalized spacial score (nSPS) is 18.8. The molecule has 1 aliphatic heterocycles. The standard InChI is InChI=1S/C15H21BrN2O3/c1-2-17-10-12(16)8-13(17)15(21)18-7-3-4-11(9-18)5-6-14(19)20/h8,10-11H,2-7,9H2,1H3,(H,19,20)/t11-/m0/s1. The molecule has 0 radical (unpaired) electrons. The van der Waals surface area contributed by atoms with Crippen molar-refractivity contribution in [1.82, 2.24) is 9.47 Å². The minimum Gasteiger partial charge on any atom is -0.481 e. The summed E-state index contributed by atoms with van der Waals surface area (Å²) in [6, 6.07) is 1.85. The van der Waals surface area contributed by atoms with Crippen molar-refractivity contribution in [3.8, 4) is 0 Å². The number of carboxylic acids is 1. The Hall–Kier alpha value is -1.30. The lowest BCUT2D eigenvalue weighted by Gasteiger charge is -2.32. The molecule has 21 heavy (non-hydrogen) atoms. The molecular formula is C15H21BrN2O3. The number of carboxylic acid groups (broad SMARTS) is 1. The Morgan fingerprint density at radius 2 is 2.24 bits per heavy atom. The van der Waals surface area contributed by atoms with Crippen LogP contribution in [0.3, 0.4) is 0 Å². The van der Waals surface area contributed by atoms with Crippen molar-refractivity contribution in [2.24, 2.45) is 5.92 Å². The highest BCUT2D eigenvalue weighted by atomic mass is 79.9. The van der Waals surface area contributed by atoms with Crippen molar-refractivity contribution in [2.45, 2.75) is 39.2 Å². The maximum Gasteiger partial charge on any atom is 0.303 e. The number of hydrogen-bond donors (Lipinski definition) is 1. The van der Waals surface area contributed by atoms with Gasteiger partial charge in [0.15, 0.2) is 0 Å². The number of rotatable bonds is 5. The van der Waals surface area contributed by atoms with Crippen LogP contribution in [0, 0.1) is 5.92 Å². The molecule has 1 amide bonds. The summed E-state index contributed by atoms with van der Waals surface area (Å²) in [5, 5.41) is 8.78. The van der Waals surface area contributed by atoms with Gasteiger partial charge in [0, 0.05) is 36.7 Å². The summed E-state index contributed by atoms with van der Waals surface area (Å²) < 4.78 is 2.85. The Morgan fingerprint density at radius 3 is 2.90 bits per heavy atom. The molecule has 1 aromatic heterocycles. The number of aromatic nitrogens is 1. The molecule has 1 aromatic rings. The highest BCUT2D eigenvalue weighted by Crippen LogP contribution is 2.24. The Labute approximate surface area is 133 Å². The molecule has 0 unspecified atom stereocenters. The fourth-order valence-electron chi connectivity index (χ4n) is 2.89. The molecule has 1 saturated heterocycles. The number of halogens is 1. The molecule has 2 rings (SSSR count). The minimum atomic E-state index is -0.762. The van der Waals surface area contributed by atoms with Crippen LogP contribution in [0.15, 0.2) is 16.7 Å². The highest BCUT2D eigenvalue weighted by Gasteiger charge is 2.26. The summed E-state index contributed by atoms with van der Waals surface area (Å²) in [7, 11) is 0. The number of aliphatic carboxylic acids is 1. The van der Waals surface area contributed by atoms with Gasteiger partial charge in [-0.3, -0.25) is 9.59 Å². The molecule has 0 saturated carbocycles. The zero-order valence-corrected chi connectivity index (χ0v) is 13.8. The molecular weight excluding hydrogens is 336 g/mol. The predicted molar refractivity (Wildman–Crippen MR) is 83.3 cm³/mol. The third kappa shape index (κ3) is 4.09. The van der Waals surface area contributed by atoms with E-state index in [-0.39, 0.29) is 12.3 Å². The number of nitrogens with zero attached hydrogens (tertiary/aromatic N) is 2. The second-order valence-electron chi connectivity index (χ2n) is 5.52. The molecule has 1 aliphatic rings. The molecule has 1 fully saturated rings. The fraction of sp³-hybridized carbons (Fsp3) is 0.600.